The van der Waals surface area contributed by atoms with Gasteiger partial charge in [0.2, 0.25) is 5.91 Å². The van der Waals surface area contributed by atoms with Crippen LogP contribution < -0.4 is 10.2 Å². The van der Waals surface area contributed by atoms with Crippen molar-refractivity contribution in [1.82, 2.24) is 5.43 Å². The standard InChI is InChI=1S/C20H23N3O4/c1-20(2,3)16-8-5-14(6-9-16)12-19(24)22-21-13-15-7-10-18(27-4)17(11-15)23(25)26/h5-11,13H,12H2,1-4H3,(H,22,24)/b21-13-. The molecule has 1 amide bonds. The molecule has 142 valence electrons. The van der Waals surface area contributed by atoms with Crippen LogP contribution in [0.1, 0.15) is 37.5 Å². The van der Waals surface area contributed by atoms with Gasteiger partial charge in [-0.25, -0.2) is 5.43 Å². The molecule has 2 aromatic carbocycles. The van der Waals surface area contributed by atoms with Crippen molar-refractivity contribution < 1.29 is 14.5 Å². The van der Waals surface area contributed by atoms with Gasteiger partial charge in [-0.3, -0.25) is 14.9 Å². The number of ether oxygens (including phenoxy) is 1. The molecule has 0 spiro atoms. The highest BCUT2D eigenvalue weighted by Gasteiger charge is 2.15. The lowest BCUT2D eigenvalue weighted by Crippen LogP contribution is -2.20. The van der Waals surface area contributed by atoms with Crippen molar-refractivity contribution in [2.45, 2.75) is 32.6 Å². The highest BCUT2D eigenvalue weighted by molar-refractivity contribution is 5.84. The van der Waals surface area contributed by atoms with Crippen LogP contribution in [0.2, 0.25) is 0 Å². The lowest BCUT2D eigenvalue weighted by Gasteiger charge is -2.19. The molecule has 0 aliphatic heterocycles. The molecule has 27 heavy (non-hydrogen) atoms. The van der Waals surface area contributed by atoms with Crippen molar-refractivity contribution in [2.24, 2.45) is 5.10 Å². The summed E-state index contributed by atoms with van der Waals surface area (Å²) in [6.45, 7) is 6.40. The minimum absolute atomic E-state index is 0.0616. The number of rotatable bonds is 6. The first kappa shape index (κ1) is 20.1. The fourth-order valence-corrected chi connectivity index (χ4v) is 2.46. The number of carbonyl (C=O) groups is 1. The lowest BCUT2D eigenvalue weighted by molar-refractivity contribution is -0.385. The maximum atomic E-state index is 12.0. The molecule has 0 unspecified atom stereocenters. The minimum Gasteiger partial charge on any atom is -0.490 e. The van der Waals surface area contributed by atoms with Crippen LogP contribution in [-0.4, -0.2) is 24.2 Å². The predicted molar refractivity (Wildman–Crippen MR) is 104 cm³/mol. The summed E-state index contributed by atoms with van der Waals surface area (Å²) >= 11 is 0. The molecule has 0 saturated heterocycles. The second-order valence-corrected chi connectivity index (χ2v) is 7.11. The molecule has 2 aromatic rings. The molecular weight excluding hydrogens is 346 g/mol. The zero-order chi connectivity index (χ0) is 20.0. The number of hydrogen-bond acceptors (Lipinski definition) is 5. The predicted octanol–water partition coefficient (Wildman–Crippen LogP) is 3.59. The number of carbonyl (C=O) groups excluding carboxylic acids is 1. The molecule has 0 saturated carbocycles. The van der Waals surface area contributed by atoms with Crippen LogP contribution in [0, 0.1) is 10.1 Å². The molecule has 0 aliphatic carbocycles. The Hall–Kier alpha value is -3.22. The van der Waals surface area contributed by atoms with Gasteiger partial charge in [-0.15, -0.1) is 0 Å². The number of benzene rings is 2. The highest BCUT2D eigenvalue weighted by atomic mass is 16.6. The third-order valence-corrected chi connectivity index (χ3v) is 3.99. The van der Waals surface area contributed by atoms with Crippen molar-refractivity contribution in [3.63, 3.8) is 0 Å². The highest BCUT2D eigenvalue weighted by Crippen LogP contribution is 2.26. The molecule has 0 aromatic heterocycles. The Labute approximate surface area is 158 Å². The number of nitrogens with zero attached hydrogens (tertiary/aromatic N) is 2. The first-order valence-electron chi connectivity index (χ1n) is 8.44. The Kier molecular flexibility index (Phi) is 6.28. The molecule has 0 radical (unpaired) electrons. The molecule has 2 rings (SSSR count). The van der Waals surface area contributed by atoms with E-state index >= 15 is 0 Å². The Bertz CT molecular complexity index is 853. The topological polar surface area (TPSA) is 93.8 Å². The molecule has 1 N–H and O–H groups in total. The molecule has 7 heteroatoms. The molecule has 0 bridgehead atoms. The third kappa shape index (κ3) is 5.64. The van der Waals surface area contributed by atoms with Crippen molar-refractivity contribution in [1.29, 1.82) is 0 Å². The third-order valence-electron chi connectivity index (χ3n) is 3.99. The van der Waals surface area contributed by atoms with Gasteiger partial charge < -0.3 is 4.74 Å². The fraction of sp³-hybridized carbons (Fsp3) is 0.300. The minimum atomic E-state index is -0.532. The second kappa shape index (κ2) is 8.44. The number of amides is 1. The van der Waals surface area contributed by atoms with E-state index in [0.717, 1.165) is 5.56 Å². The number of hydrogen-bond donors (Lipinski definition) is 1. The number of methoxy groups -OCH3 is 1. The first-order chi connectivity index (χ1) is 12.7. The fourth-order valence-electron chi connectivity index (χ4n) is 2.46. The summed E-state index contributed by atoms with van der Waals surface area (Å²) in [6.07, 6.45) is 1.55. The van der Waals surface area contributed by atoms with Gasteiger partial charge in [-0.1, -0.05) is 45.0 Å². The summed E-state index contributed by atoms with van der Waals surface area (Å²) in [5.74, 6) is -0.0994. The maximum absolute atomic E-state index is 12.0. The molecular formula is C20H23N3O4. The molecule has 0 atom stereocenters. The van der Waals surface area contributed by atoms with Crippen molar-refractivity contribution in [2.75, 3.05) is 7.11 Å². The van der Waals surface area contributed by atoms with Crippen molar-refractivity contribution in [3.05, 3.63) is 69.3 Å². The van der Waals surface area contributed by atoms with Gasteiger partial charge in [-0.05, 0) is 28.7 Å². The first-order valence-corrected chi connectivity index (χ1v) is 8.44. The Morgan fingerprint density at radius 1 is 1.22 bits per heavy atom. The maximum Gasteiger partial charge on any atom is 0.311 e. The van der Waals surface area contributed by atoms with E-state index in [-0.39, 0.29) is 29.2 Å². The summed E-state index contributed by atoms with van der Waals surface area (Å²) in [4.78, 5) is 22.5. The largest absolute Gasteiger partial charge is 0.490 e. The quantitative estimate of drug-likeness (QED) is 0.478. The molecule has 0 fully saturated rings. The SMILES string of the molecule is COc1ccc(/C=N\NC(=O)Cc2ccc(C(C)(C)C)cc2)cc1[N+](=O)[O-]. The zero-order valence-electron chi connectivity index (χ0n) is 15.9. The van der Waals surface area contributed by atoms with Crippen LogP contribution >= 0.6 is 0 Å². The summed E-state index contributed by atoms with van der Waals surface area (Å²) in [7, 11) is 1.37. The van der Waals surface area contributed by atoms with Crippen molar-refractivity contribution >= 4 is 17.8 Å². The smallest absolute Gasteiger partial charge is 0.311 e. The van der Waals surface area contributed by atoms with Gasteiger partial charge in [0.25, 0.3) is 0 Å². The number of nitro benzene ring substituents is 1. The average molecular weight is 369 g/mol. The van der Waals surface area contributed by atoms with Crippen LogP contribution in [0.25, 0.3) is 0 Å². The van der Waals surface area contributed by atoms with Crippen LogP contribution in [-0.2, 0) is 16.6 Å². The van der Waals surface area contributed by atoms with E-state index in [9.17, 15) is 14.9 Å². The molecule has 0 heterocycles. The zero-order valence-corrected chi connectivity index (χ0v) is 15.9. The van der Waals surface area contributed by atoms with Crippen LogP contribution in [0.4, 0.5) is 5.69 Å². The molecule has 0 aliphatic rings. The van der Waals surface area contributed by atoms with Gasteiger partial charge in [0.05, 0.1) is 24.7 Å². The Balaban J connectivity index is 1.97. The monoisotopic (exact) mass is 369 g/mol. The normalized spacial score (nSPS) is 11.4. The van der Waals surface area contributed by atoms with Crippen molar-refractivity contribution in [3.8, 4) is 5.75 Å². The van der Waals surface area contributed by atoms with E-state index in [1.54, 1.807) is 6.07 Å². The van der Waals surface area contributed by atoms with Gasteiger partial charge >= 0.3 is 5.69 Å². The van der Waals surface area contributed by atoms with Gasteiger partial charge in [-0.2, -0.15) is 5.10 Å². The molecule has 7 nitrogen and oxygen atoms in total. The number of nitrogens with one attached hydrogen (secondary N) is 1. The van der Waals surface area contributed by atoms with E-state index in [1.165, 1.54) is 31.0 Å². The van der Waals surface area contributed by atoms with E-state index in [0.29, 0.717) is 5.56 Å². The summed E-state index contributed by atoms with van der Waals surface area (Å²) in [6, 6.07) is 12.3. The lowest BCUT2D eigenvalue weighted by atomic mass is 9.86. The number of hydrazone groups is 1. The summed E-state index contributed by atoms with van der Waals surface area (Å²) < 4.78 is 4.94. The van der Waals surface area contributed by atoms with E-state index in [2.05, 4.69) is 31.3 Å². The number of nitro groups is 1. The van der Waals surface area contributed by atoms with Gasteiger partial charge in [0, 0.05) is 11.6 Å². The second-order valence-electron chi connectivity index (χ2n) is 7.11. The van der Waals surface area contributed by atoms with E-state index in [4.69, 9.17) is 4.74 Å². The summed E-state index contributed by atoms with van der Waals surface area (Å²) in [5, 5.41) is 14.9. The average Bonchev–Trinajstić information content (AvgIpc) is 2.61. The summed E-state index contributed by atoms with van der Waals surface area (Å²) in [5.41, 5.74) is 4.90. The Morgan fingerprint density at radius 3 is 2.44 bits per heavy atom. The van der Waals surface area contributed by atoms with Gasteiger partial charge in [0.1, 0.15) is 0 Å². The van der Waals surface area contributed by atoms with E-state index < -0.39 is 4.92 Å². The van der Waals surface area contributed by atoms with Gasteiger partial charge in [0.15, 0.2) is 5.75 Å². The van der Waals surface area contributed by atoms with Crippen LogP contribution in [0.3, 0.4) is 0 Å². The van der Waals surface area contributed by atoms with Crippen LogP contribution in [0.5, 0.6) is 5.75 Å². The van der Waals surface area contributed by atoms with E-state index in [1.807, 2.05) is 24.3 Å². The van der Waals surface area contributed by atoms with Crippen LogP contribution in [0.15, 0.2) is 47.6 Å². The Morgan fingerprint density at radius 2 is 1.89 bits per heavy atom.